The predicted molar refractivity (Wildman–Crippen MR) is 85.4 cm³/mol. The second-order valence-corrected chi connectivity index (χ2v) is 6.66. The third-order valence-electron chi connectivity index (χ3n) is 3.07. The molecule has 0 spiro atoms. The Morgan fingerprint density at radius 1 is 0.950 bits per heavy atom. The van der Waals surface area contributed by atoms with Gasteiger partial charge in [0.05, 0.1) is 6.10 Å². The molecule has 0 heterocycles. The van der Waals surface area contributed by atoms with Gasteiger partial charge in [0, 0.05) is 20.1 Å². The van der Waals surface area contributed by atoms with E-state index in [0.717, 1.165) is 27.5 Å². The number of hydrogen-bond acceptors (Lipinski definition) is 2. The average molecular weight is 396 g/mol. The molecule has 0 bridgehead atoms. The predicted octanol–water partition coefficient (Wildman–Crippen LogP) is 4.98. The van der Waals surface area contributed by atoms with Crippen molar-refractivity contribution in [3.63, 3.8) is 0 Å². The Morgan fingerprint density at radius 3 is 2.10 bits per heavy atom. The zero-order valence-electron chi connectivity index (χ0n) is 10.6. The molecule has 1 aliphatic rings. The molecular weight excluding hydrogens is 384 g/mol. The zero-order chi connectivity index (χ0) is 14.1. The van der Waals surface area contributed by atoms with Crippen LogP contribution in [0.25, 0.3) is 0 Å². The second kappa shape index (κ2) is 5.70. The van der Waals surface area contributed by atoms with Gasteiger partial charge in [-0.3, -0.25) is 4.79 Å². The summed E-state index contributed by atoms with van der Waals surface area (Å²) in [5, 5.41) is 0. The van der Waals surface area contributed by atoms with Gasteiger partial charge in [-0.25, -0.2) is 0 Å². The molecule has 0 aliphatic heterocycles. The first-order chi connectivity index (χ1) is 9.61. The van der Waals surface area contributed by atoms with E-state index in [1.165, 1.54) is 0 Å². The van der Waals surface area contributed by atoms with Crippen LogP contribution in [0.1, 0.15) is 28.8 Å². The topological polar surface area (TPSA) is 26.3 Å². The highest BCUT2D eigenvalue weighted by molar-refractivity contribution is 9.11. The summed E-state index contributed by atoms with van der Waals surface area (Å²) in [5.41, 5.74) is 1.32. The van der Waals surface area contributed by atoms with Crippen LogP contribution in [0.3, 0.4) is 0 Å². The zero-order valence-corrected chi connectivity index (χ0v) is 13.8. The molecule has 0 aromatic heterocycles. The van der Waals surface area contributed by atoms with Crippen molar-refractivity contribution in [3.05, 3.63) is 62.5 Å². The van der Waals surface area contributed by atoms with Gasteiger partial charge in [-0.1, -0.05) is 31.9 Å². The van der Waals surface area contributed by atoms with E-state index in [-0.39, 0.29) is 5.78 Å². The van der Waals surface area contributed by atoms with Crippen molar-refractivity contribution in [2.24, 2.45) is 0 Å². The molecule has 2 nitrogen and oxygen atoms in total. The van der Waals surface area contributed by atoms with Gasteiger partial charge >= 0.3 is 0 Å². The van der Waals surface area contributed by atoms with Gasteiger partial charge in [0.1, 0.15) is 5.75 Å². The summed E-state index contributed by atoms with van der Waals surface area (Å²) in [6, 6.07) is 12.9. The van der Waals surface area contributed by atoms with E-state index in [4.69, 9.17) is 4.74 Å². The molecule has 1 aliphatic carbocycles. The number of carbonyl (C=O) groups excluding carboxylic acids is 1. The standard InChI is InChI=1S/C16H12Br2O2/c17-12-7-11(8-13(18)9-12)16(19)10-1-3-14(4-2-10)20-15-5-6-15/h1-4,7-9,15H,5-6H2. The van der Waals surface area contributed by atoms with E-state index in [1.807, 2.05) is 42.5 Å². The molecule has 4 heteroatoms. The number of carbonyl (C=O) groups is 1. The van der Waals surface area contributed by atoms with Crippen LogP contribution >= 0.6 is 31.9 Å². The van der Waals surface area contributed by atoms with Gasteiger partial charge in [0.15, 0.2) is 5.78 Å². The number of hydrogen-bond donors (Lipinski definition) is 0. The Kier molecular flexibility index (Phi) is 3.94. The van der Waals surface area contributed by atoms with Crippen molar-refractivity contribution in [3.8, 4) is 5.75 Å². The van der Waals surface area contributed by atoms with Crippen molar-refractivity contribution in [2.75, 3.05) is 0 Å². The van der Waals surface area contributed by atoms with E-state index in [1.54, 1.807) is 0 Å². The van der Waals surface area contributed by atoms with E-state index < -0.39 is 0 Å². The smallest absolute Gasteiger partial charge is 0.193 e. The highest BCUT2D eigenvalue weighted by atomic mass is 79.9. The molecule has 0 N–H and O–H groups in total. The lowest BCUT2D eigenvalue weighted by Gasteiger charge is -2.06. The lowest BCUT2D eigenvalue weighted by atomic mass is 10.0. The summed E-state index contributed by atoms with van der Waals surface area (Å²) in [7, 11) is 0. The Morgan fingerprint density at radius 2 is 1.55 bits per heavy atom. The monoisotopic (exact) mass is 394 g/mol. The summed E-state index contributed by atoms with van der Waals surface area (Å²) in [6.45, 7) is 0. The lowest BCUT2D eigenvalue weighted by molar-refractivity contribution is 0.103. The first kappa shape index (κ1) is 13.8. The number of rotatable bonds is 4. The van der Waals surface area contributed by atoms with Crippen LogP contribution in [-0.2, 0) is 0 Å². The lowest BCUT2D eigenvalue weighted by Crippen LogP contribution is -2.02. The van der Waals surface area contributed by atoms with Crippen LogP contribution in [-0.4, -0.2) is 11.9 Å². The molecule has 20 heavy (non-hydrogen) atoms. The van der Waals surface area contributed by atoms with Crippen molar-refractivity contribution in [1.82, 2.24) is 0 Å². The Hall–Kier alpha value is -1.13. The van der Waals surface area contributed by atoms with E-state index in [0.29, 0.717) is 17.2 Å². The molecule has 0 amide bonds. The highest BCUT2D eigenvalue weighted by Crippen LogP contribution is 2.27. The Balaban J connectivity index is 1.81. The molecule has 2 aromatic rings. The van der Waals surface area contributed by atoms with Crippen LogP contribution in [0.2, 0.25) is 0 Å². The molecule has 102 valence electrons. The third-order valence-corrected chi connectivity index (χ3v) is 3.98. The maximum atomic E-state index is 12.4. The van der Waals surface area contributed by atoms with Gasteiger partial charge in [-0.2, -0.15) is 0 Å². The summed E-state index contributed by atoms with van der Waals surface area (Å²) in [6.07, 6.45) is 2.64. The van der Waals surface area contributed by atoms with Crippen LogP contribution in [0.4, 0.5) is 0 Å². The van der Waals surface area contributed by atoms with Crippen molar-refractivity contribution < 1.29 is 9.53 Å². The molecular formula is C16H12Br2O2. The van der Waals surface area contributed by atoms with Gasteiger partial charge in [-0.15, -0.1) is 0 Å². The number of benzene rings is 2. The minimum Gasteiger partial charge on any atom is -0.490 e. The van der Waals surface area contributed by atoms with Crippen molar-refractivity contribution >= 4 is 37.6 Å². The SMILES string of the molecule is O=C(c1ccc(OC2CC2)cc1)c1cc(Br)cc(Br)c1. The minimum absolute atomic E-state index is 0.00460. The molecule has 1 fully saturated rings. The average Bonchev–Trinajstić information content (AvgIpc) is 3.22. The Bertz CT molecular complexity index is 626. The molecule has 0 saturated heterocycles. The van der Waals surface area contributed by atoms with E-state index in [2.05, 4.69) is 31.9 Å². The number of ether oxygens (including phenoxy) is 1. The van der Waals surface area contributed by atoms with Crippen LogP contribution in [0.5, 0.6) is 5.75 Å². The van der Waals surface area contributed by atoms with Crippen molar-refractivity contribution in [2.45, 2.75) is 18.9 Å². The summed E-state index contributed by atoms with van der Waals surface area (Å²) in [4.78, 5) is 12.4. The first-order valence-corrected chi connectivity index (χ1v) is 7.98. The van der Waals surface area contributed by atoms with Gasteiger partial charge in [-0.05, 0) is 55.3 Å². The van der Waals surface area contributed by atoms with Crippen LogP contribution in [0, 0.1) is 0 Å². The van der Waals surface area contributed by atoms with Crippen LogP contribution in [0.15, 0.2) is 51.4 Å². The van der Waals surface area contributed by atoms with E-state index in [9.17, 15) is 4.79 Å². The highest BCUT2D eigenvalue weighted by Gasteiger charge is 2.23. The van der Waals surface area contributed by atoms with Crippen molar-refractivity contribution in [1.29, 1.82) is 0 Å². The summed E-state index contributed by atoms with van der Waals surface area (Å²) < 4.78 is 7.43. The fourth-order valence-corrected chi connectivity index (χ4v) is 3.21. The maximum Gasteiger partial charge on any atom is 0.193 e. The minimum atomic E-state index is 0.00460. The van der Waals surface area contributed by atoms with Gasteiger partial charge in [0.25, 0.3) is 0 Å². The largest absolute Gasteiger partial charge is 0.490 e. The molecule has 1 saturated carbocycles. The quantitative estimate of drug-likeness (QED) is 0.682. The molecule has 3 rings (SSSR count). The fraction of sp³-hybridized carbons (Fsp3) is 0.188. The molecule has 0 unspecified atom stereocenters. The number of halogens is 2. The summed E-state index contributed by atoms with van der Waals surface area (Å²) in [5.74, 6) is 0.837. The fourth-order valence-electron chi connectivity index (χ4n) is 1.91. The van der Waals surface area contributed by atoms with Gasteiger partial charge < -0.3 is 4.74 Å². The summed E-state index contributed by atoms with van der Waals surface area (Å²) >= 11 is 6.79. The molecule has 0 atom stereocenters. The number of ketones is 1. The van der Waals surface area contributed by atoms with Crippen LogP contribution < -0.4 is 4.74 Å². The molecule has 2 aromatic carbocycles. The van der Waals surface area contributed by atoms with E-state index >= 15 is 0 Å². The normalized spacial score (nSPS) is 14.1. The van der Waals surface area contributed by atoms with Gasteiger partial charge in [0.2, 0.25) is 0 Å². The first-order valence-electron chi connectivity index (χ1n) is 6.39. The Labute approximate surface area is 134 Å². The second-order valence-electron chi connectivity index (χ2n) is 4.83. The maximum absolute atomic E-state index is 12.4. The molecule has 0 radical (unpaired) electrons. The third kappa shape index (κ3) is 3.30.